The number of thioether (sulfide) groups is 1. The maximum Gasteiger partial charge on any atom is 0.252 e. The summed E-state index contributed by atoms with van der Waals surface area (Å²) in [5.41, 5.74) is 5.88. The summed E-state index contributed by atoms with van der Waals surface area (Å²) in [7, 11) is 0. The van der Waals surface area contributed by atoms with Gasteiger partial charge in [-0.05, 0) is 47.2 Å². The molecule has 19 heavy (non-hydrogen) atoms. The third kappa shape index (κ3) is 3.23. The van der Waals surface area contributed by atoms with Crippen LogP contribution in [0.4, 0.5) is 10.1 Å². The van der Waals surface area contributed by atoms with Gasteiger partial charge in [-0.1, -0.05) is 6.42 Å². The van der Waals surface area contributed by atoms with Crippen molar-refractivity contribution in [1.82, 2.24) is 5.32 Å². The molecule has 0 aromatic heterocycles. The summed E-state index contributed by atoms with van der Waals surface area (Å²) in [5, 5.41) is 3.47. The van der Waals surface area contributed by atoms with Gasteiger partial charge < -0.3 is 11.1 Å². The Kier molecular flexibility index (Phi) is 4.73. The molecule has 1 fully saturated rings. The Morgan fingerprint density at radius 1 is 1.53 bits per heavy atom. The molecule has 3 nitrogen and oxygen atoms in total. The zero-order valence-electron chi connectivity index (χ0n) is 10.6. The number of anilines is 1. The summed E-state index contributed by atoms with van der Waals surface area (Å²) in [4.78, 5) is 12.2. The van der Waals surface area contributed by atoms with Gasteiger partial charge in [0.15, 0.2) is 0 Å². The lowest BCUT2D eigenvalue weighted by atomic mass is 10.1. The number of hydrogen-bond donors (Lipinski definition) is 2. The summed E-state index contributed by atoms with van der Waals surface area (Å²) in [6, 6.07) is 2.78. The van der Waals surface area contributed by atoms with E-state index in [1.807, 2.05) is 0 Å². The highest BCUT2D eigenvalue weighted by Gasteiger charge is 2.28. The third-order valence-corrected chi connectivity index (χ3v) is 5.23. The zero-order chi connectivity index (χ0) is 14.0. The topological polar surface area (TPSA) is 55.1 Å². The Morgan fingerprint density at radius 3 is 2.95 bits per heavy atom. The van der Waals surface area contributed by atoms with E-state index in [2.05, 4.69) is 27.5 Å². The molecule has 2 rings (SSSR count). The van der Waals surface area contributed by atoms with Crippen molar-refractivity contribution in [2.45, 2.75) is 30.6 Å². The van der Waals surface area contributed by atoms with E-state index in [1.165, 1.54) is 12.1 Å². The van der Waals surface area contributed by atoms with Crippen LogP contribution in [0, 0.1) is 5.82 Å². The van der Waals surface area contributed by atoms with Crippen LogP contribution in [0.2, 0.25) is 0 Å². The standard InChI is InChI=1S/C13H16BrFN2OS/c1-19-12-4-2-3-11(12)17-13(18)7-5-10(16)9(15)6-8(7)14/h5-6,11-12H,2-4,16H2,1H3,(H,17,18). The first-order valence-electron chi connectivity index (χ1n) is 6.11. The van der Waals surface area contributed by atoms with Crippen molar-refractivity contribution in [3.63, 3.8) is 0 Å². The normalized spacial score (nSPS) is 22.5. The van der Waals surface area contributed by atoms with Crippen LogP contribution in [-0.2, 0) is 0 Å². The van der Waals surface area contributed by atoms with Crippen LogP contribution in [-0.4, -0.2) is 23.5 Å². The minimum absolute atomic E-state index is 0.0128. The van der Waals surface area contributed by atoms with E-state index in [0.29, 0.717) is 15.3 Å². The average Bonchev–Trinajstić information content (AvgIpc) is 2.80. The molecule has 1 aromatic carbocycles. The van der Waals surface area contributed by atoms with Crippen LogP contribution in [0.15, 0.2) is 16.6 Å². The number of nitrogen functional groups attached to an aromatic ring is 1. The van der Waals surface area contributed by atoms with Crippen molar-refractivity contribution in [3.8, 4) is 0 Å². The third-order valence-electron chi connectivity index (χ3n) is 3.40. The van der Waals surface area contributed by atoms with E-state index >= 15 is 0 Å². The van der Waals surface area contributed by atoms with E-state index in [-0.39, 0.29) is 17.6 Å². The molecule has 0 aliphatic heterocycles. The zero-order valence-corrected chi connectivity index (χ0v) is 13.0. The predicted octanol–water partition coefficient (Wildman–Crippen LogP) is 3.18. The minimum Gasteiger partial charge on any atom is -0.396 e. The number of carbonyl (C=O) groups is 1. The number of benzene rings is 1. The first-order chi connectivity index (χ1) is 9.02. The molecule has 3 N–H and O–H groups in total. The highest BCUT2D eigenvalue weighted by atomic mass is 79.9. The lowest BCUT2D eigenvalue weighted by molar-refractivity contribution is 0.0938. The van der Waals surface area contributed by atoms with Gasteiger partial charge in [-0.3, -0.25) is 4.79 Å². The number of nitrogens with one attached hydrogen (secondary N) is 1. The number of nitrogens with two attached hydrogens (primary N) is 1. The van der Waals surface area contributed by atoms with E-state index in [9.17, 15) is 9.18 Å². The van der Waals surface area contributed by atoms with Crippen LogP contribution >= 0.6 is 27.7 Å². The summed E-state index contributed by atoms with van der Waals surface area (Å²) in [6.45, 7) is 0. The maximum atomic E-state index is 13.3. The molecular formula is C13H16BrFN2OS. The molecule has 6 heteroatoms. The first-order valence-corrected chi connectivity index (χ1v) is 8.19. The fourth-order valence-corrected chi connectivity index (χ4v) is 3.79. The second-order valence-corrected chi connectivity index (χ2v) is 6.57. The molecule has 104 valence electrons. The van der Waals surface area contributed by atoms with Crippen LogP contribution in [0.5, 0.6) is 0 Å². The summed E-state index contributed by atoms with van der Waals surface area (Å²) in [5.74, 6) is -0.726. The van der Waals surface area contributed by atoms with Gasteiger partial charge in [-0.2, -0.15) is 11.8 Å². The van der Waals surface area contributed by atoms with Gasteiger partial charge in [-0.15, -0.1) is 0 Å². The summed E-state index contributed by atoms with van der Waals surface area (Å²) < 4.78 is 13.7. The highest BCUT2D eigenvalue weighted by Crippen LogP contribution is 2.29. The average molecular weight is 347 g/mol. The van der Waals surface area contributed by atoms with Gasteiger partial charge in [0.25, 0.3) is 5.91 Å². The number of amides is 1. The summed E-state index contributed by atoms with van der Waals surface area (Å²) >= 11 is 4.98. The smallest absolute Gasteiger partial charge is 0.252 e. The molecule has 1 aliphatic carbocycles. The van der Waals surface area contributed by atoms with Crippen molar-refractivity contribution >= 4 is 39.3 Å². The molecular weight excluding hydrogens is 331 g/mol. The number of halogens is 2. The van der Waals surface area contributed by atoms with Crippen LogP contribution in [0.1, 0.15) is 29.6 Å². The quantitative estimate of drug-likeness (QED) is 0.826. The molecule has 1 amide bonds. The molecule has 0 bridgehead atoms. The van der Waals surface area contributed by atoms with E-state index in [0.717, 1.165) is 19.3 Å². The fourth-order valence-electron chi connectivity index (χ4n) is 2.36. The van der Waals surface area contributed by atoms with Crippen LogP contribution in [0.25, 0.3) is 0 Å². The lowest BCUT2D eigenvalue weighted by Gasteiger charge is -2.19. The molecule has 0 saturated heterocycles. The Bertz CT molecular complexity index is 498. The van der Waals surface area contributed by atoms with E-state index < -0.39 is 5.82 Å². The Hall–Kier alpha value is -0.750. The molecule has 2 atom stereocenters. The maximum absolute atomic E-state index is 13.3. The molecule has 0 heterocycles. The van der Waals surface area contributed by atoms with Gasteiger partial charge in [0.1, 0.15) is 5.82 Å². The minimum atomic E-state index is -0.522. The largest absolute Gasteiger partial charge is 0.396 e. The van der Waals surface area contributed by atoms with Crippen LogP contribution < -0.4 is 11.1 Å². The molecule has 1 saturated carbocycles. The monoisotopic (exact) mass is 346 g/mol. The first kappa shape index (κ1) is 14.7. The Morgan fingerprint density at radius 2 is 2.26 bits per heavy atom. The number of carbonyl (C=O) groups excluding carboxylic acids is 1. The van der Waals surface area contributed by atoms with Crippen molar-refractivity contribution in [2.24, 2.45) is 0 Å². The fraction of sp³-hybridized carbons (Fsp3) is 0.462. The van der Waals surface area contributed by atoms with Crippen molar-refractivity contribution in [2.75, 3.05) is 12.0 Å². The molecule has 1 aromatic rings. The predicted molar refractivity (Wildman–Crippen MR) is 80.9 cm³/mol. The molecule has 2 unspecified atom stereocenters. The summed E-state index contributed by atoms with van der Waals surface area (Å²) in [6.07, 6.45) is 5.30. The van der Waals surface area contributed by atoms with Gasteiger partial charge in [0.05, 0.1) is 11.3 Å². The van der Waals surface area contributed by atoms with Crippen molar-refractivity contribution in [1.29, 1.82) is 0 Å². The van der Waals surface area contributed by atoms with Gasteiger partial charge in [0, 0.05) is 15.8 Å². The second kappa shape index (κ2) is 6.13. The van der Waals surface area contributed by atoms with Crippen molar-refractivity contribution < 1.29 is 9.18 Å². The second-order valence-electron chi connectivity index (χ2n) is 4.64. The molecule has 0 spiro atoms. The number of hydrogen-bond acceptors (Lipinski definition) is 3. The van der Waals surface area contributed by atoms with Gasteiger partial charge in [0.2, 0.25) is 0 Å². The van der Waals surface area contributed by atoms with E-state index in [4.69, 9.17) is 5.73 Å². The van der Waals surface area contributed by atoms with Gasteiger partial charge in [-0.25, -0.2) is 4.39 Å². The molecule has 0 radical (unpaired) electrons. The highest BCUT2D eigenvalue weighted by molar-refractivity contribution is 9.10. The SMILES string of the molecule is CSC1CCCC1NC(=O)c1cc(N)c(F)cc1Br. The number of rotatable bonds is 3. The van der Waals surface area contributed by atoms with Crippen molar-refractivity contribution in [3.05, 3.63) is 28.0 Å². The Labute approximate surface area is 124 Å². The molecule has 1 aliphatic rings. The lowest BCUT2D eigenvalue weighted by Crippen LogP contribution is -2.38. The Balaban J connectivity index is 2.14. The van der Waals surface area contributed by atoms with Gasteiger partial charge >= 0.3 is 0 Å². The van der Waals surface area contributed by atoms with Crippen LogP contribution in [0.3, 0.4) is 0 Å². The van der Waals surface area contributed by atoms with E-state index in [1.54, 1.807) is 11.8 Å².